The molecule has 1 aliphatic rings. The third kappa shape index (κ3) is 2.78. The smallest absolute Gasteiger partial charge is 0.253 e. The number of rotatable bonds is 2. The molecule has 18 heavy (non-hydrogen) atoms. The van der Waals surface area contributed by atoms with E-state index in [0.29, 0.717) is 10.6 Å². The molecule has 2 rings (SSSR count). The summed E-state index contributed by atoms with van der Waals surface area (Å²) in [6.07, 6.45) is 3.43. The largest absolute Gasteiger partial charge is 0.334 e. The Morgan fingerprint density at radius 1 is 1.44 bits per heavy atom. The highest BCUT2D eigenvalue weighted by Gasteiger charge is 2.35. The molecule has 0 radical (unpaired) electrons. The van der Waals surface area contributed by atoms with Crippen LogP contribution in [-0.2, 0) is 0 Å². The first kappa shape index (κ1) is 13.6. The van der Waals surface area contributed by atoms with Crippen molar-refractivity contribution in [3.63, 3.8) is 0 Å². The molecule has 94 valence electrons. The number of hydrogen-bond acceptors (Lipinski definition) is 2. The fourth-order valence-electron chi connectivity index (χ4n) is 2.20. The van der Waals surface area contributed by atoms with Crippen LogP contribution in [0.5, 0.6) is 0 Å². The van der Waals surface area contributed by atoms with Crippen LogP contribution in [0.4, 0.5) is 0 Å². The van der Waals surface area contributed by atoms with Gasteiger partial charge in [0.25, 0.3) is 5.91 Å². The van der Waals surface area contributed by atoms with Crippen molar-refractivity contribution in [2.45, 2.75) is 31.2 Å². The molecule has 0 saturated heterocycles. The number of nitriles is 1. The van der Waals surface area contributed by atoms with E-state index in [1.165, 1.54) is 0 Å². The van der Waals surface area contributed by atoms with E-state index in [0.717, 1.165) is 29.3 Å². The number of benzene rings is 1. The Bertz CT molecular complexity index is 518. The minimum atomic E-state index is -0.692. The maximum atomic E-state index is 12.2. The fraction of sp³-hybridized carbons (Fsp3) is 0.385. The number of hydrogen-bond donors (Lipinski definition) is 1. The van der Waals surface area contributed by atoms with Gasteiger partial charge in [-0.05, 0) is 66.5 Å². The van der Waals surface area contributed by atoms with E-state index in [9.17, 15) is 10.1 Å². The molecule has 0 bridgehead atoms. The molecule has 1 aliphatic carbocycles. The van der Waals surface area contributed by atoms with Gasteiger partial charge < -0.3 is 5.32 Å². The van der Waals surface area contributed by atoms with Crippen molar-refractivity contribution in [1.29, 1.82) is 5.26 Å². The summed E-state index contributed by atoms with van der Waals surface area (Å²) < 4.78 is 0.834. The summed E-state index contributed by atoms with van der Waals surface area (Å²) in [6, 6.07) is 7.43. The van der Waals surface area contributed by atoms with Crippen molar-refractivity contribution in [2.24, 2.45) is 0 Å². The monoisotopic (exact) mass is 374 g/mol. The molecule has 1 saturated carbocycles. The predicted molar refractivity (Wildman–Crippen MR) is 78.4 cm³/mol. The Balaban J connectivity index is 2.22. The highest BCUT2D eigenvalue weighted by Crippen LogP contribution is 2.29. The molecule has 0 heterocycles. The van der Waals surface area contributed by atoms with Crippen molar-refractivity contribution >= 4 is 40.1 Å². The van der Waals surface area contributed by atoms with Crippen molar-refractivity contribution in [1.82, 2.24) is 5.32 Å². The summed E-state index contributed by atoms with van der Waals surface area (Å²) in [5.41, 5.74) is -0.160. The van der Waals surface area contributed by atoms with Gasteiger partial charge in [0, 0.05) is 8.59 Å². The lowest BCUT2D eigenvalue weighted by atomic mass is 9.99. The van der Waals surface area contributed by atoms with Crippen LogP contribution in [0.15, 0.2) is 18.2 Å². The molecule has 0 spiro atoms. The molecule has 1 aromatic rings. The summed E-state index contributed by atoms with van der Waals surface area (Å²) in [5.74, 6) is -0.217. The maximum absolute atomic E-state index is 12.2. The van der Waals surface area contributed by atoms with Gasteiger partial charge in [-0.1, -0.05) is 11.6 Å². The van der Waals surface area contributed by atoms with Crippen LogP contribution >= 0.6 is 34.2 Å². The SMILES string of the molecule is N#CC1(NC(=O)c2cc(Cl)ccc2I)CCCC1. The van der Waals surface area contributed by atoms with Gasteiger partial charge in [0.1, 0.15) is 5.54 Å². The van der Waals surface area contributed by atoms with Crippen molar-refractivity contribution in [3.05, 3.63) is 32.4 Å². The van der Waals surface area contributed by atoms with Crippen LogP contribution < -0.4 is 5.32 Å². The van der Waals surface area contributed by atoms with Gasteiger partial charge in [0.05, 0.1) is 11.6 Å². The molecule has 5 heteroatoms. The number of carbonyl (C=O) groups is 1. The van der Waals surface area contributed by atoms with E-state index in [1.54, 1.807) is 18.2 Å². The Morgan fingerprint density at radius 3 is 2.72 bits per heavy atom. The predicted octanol–water partition coefficient (Wildman–Crippen LogP) is 3.51. The van der Waals surface area contributed by atoms with Crippen LogP contribution in [0.3, 0.4) is 0 Å². The molecule has 1 N–H and O–H groups in total. The highest BCUT2D eigenvalue weighted by atomic mass is 127. The lowest BCUT2D eigenvalue weighted by Crippen LogP contribution is -2.45. The van der Waals surface area contributed by atoms with E-state index in [1.807, 2.05) is 0 Å². The molecule has 0 unspecified atom stereocenters. The number of carbonyl (C=O) groups excluding carboxylic acids is 1. The van der Waals surface area contributed by atoms with Gasteiger partial charge in [0.15, 0.2) is 0 Å². The molecular formula is C13H12ClIN2O. The molecule has 1 aromatic carbocycles. The maximum Gasteiger partial charge on any atom is 0.253 e. The molecule has 0 aromatic heterocycles. The third-order valence-corrected chi connectivity index (χ3v) is 4.37. The van der Waals surface area contributed by atoms with Gasteiger partial charge >= 0.3 is 0 Å². The summed E-state index contributed by atoms with van der Waals surface area (Å²) in [5, 5.41) is 12.6. The van der Waals surface area contributed by atoms with Crippen LogP contribution in [-0.4, -0.2) is 11.4 Å². The minimum absolute atomic E-state index is 0.217. The number of nitrogens with zero attached hydrogens (tertiary/aromatic N) is 1. The Hall–Kier alpha value is -0.800. The van der Waals surface area contributed by atoms with Crippen LogP contribution in [0.25, 0.3) is 0 Å². The van der Waals surface area contributed by atoms with Crippen LogP contribution in [0.2, 0.25) is 5.02 Å². The summed E-state index contributed by atoms with van der Waals surface area (Å²) in [4.78, 5) is 12.2. The van der Waals surface area contributed by atoms with E-state index < -0.39 is 5.54 Å². The van der Waals surface area contributed by atoms with Crippen LogP contribution in [0.1, 0.15) is 36.0 Å². The second-order valence-corrected chi connectivity index (χ2v) is 6.08. The van der Waals surface area contributed by atoms with Gasteiger partial charge in [-0.15, -0.1) is 0 Å². The second kappa shape index (κ2) is 5.45. The van der Waals surface area contributed by atoms with Crippen molar-refractivity contribution < 1.29 is 4.79 Å². The zero-order valence-corrected chi connectivity index (χ0v) is 12.6. The summed E-state index contributed by atoms with van der Waals surface area (Å²) in [6.45, 7) is 0. The highest BCUT2D eigenvalue weighted by molar-refractivity contribution is 14.1. The van der Waals surface area contributed by atoms with E-state index in [-0.39, 0.29) is 5.91 Å². The molecular weight excluding hydrogens is 363 g/mol. The van der Waals surface area contributed by atoms with Crippen LogP contribution in [0, 0.1) is 14.9 Å². The lowest BCUT2D eigenvalue weighted by molar-refractivity contribution is 0.0920. The Kier molecular flexibility index (Phi) is 4.13. The topological polar surface area (TPSA) is 52.9 Å². The quantitative estimate of drug-likeness (QED) is 0.806. The molecule has 0 atom stereocenters. The van der Waals surface area contributed by atoms with Crippen molar-refractivity contribution in [2.75, 3.05) is 0 Å². The third-order valence-electron chi connectivity index (χ3n) is 3.20. The molecule has 1 amide bonds. The first-order valence-electron chi connectivity index (χ1n) is 5.75. The van der Waals surface area contributed by atoms with E-state index in [2.05, 4.69) is 34.0 Å². The van der Waals surface area contributed by atoms with Gasteiger partial charge in [-0.25, -0.2) is 0 Å². The van der Waals surface area contributed by atoms with E-state index >= 15 is 0 Å². The average Bonchev–Trinajstić information content (AvgIpc) is 2.81. The average molecular weight is 375 g/mol. The molecule has 3 nitrogen and oxygen atoms in total. The number of nitrogens with one attached hydrogen (secondary N) is 1. The Labute approximate surface area is 125 Å². The lowest BCUT2D eigenvalue weighted by Gasteiger charge is -2.22. The minimum Gasteiger partial charge on any atom is -0.334 e. The first-order valence-corrected chi connectivity index (χ1v) is 7.21. The van der Waals surface area contributed by atoms with Crippen molar-refractivity contribution in [3.8, 4) is 6.07 Å². The fourth-order valence-corrected chi connectivity index (χ4v) is 2.95. The molecule has 0 aliphatic heterocycles. The van der Waals surface area contributed by atoms with Gasteiger partial charge in [-0.2, -0.15) is 5.26 Å². The van der Waals surface area contributed by atoms with E-state index in [4.69, 9.17) is 11.6 Å². The number of amides is 1. The first-order chi connectivity index (χ1) is 8.56. The van der Waals surface area contributed by atoms with Gasteiger partial charge in [-0.3, -0.25) is 4.79 Å². The normalized spacial score (nSPS) is 17.2. The Morgan fingerprint density at radius 2 is 2.11 bits per heavy atom. The summed E-state index contributed by atoms with van der Waals surface area (Å²) in [7, 11) is 0. The number of halogens is 2. The second-order valence-electron chi connectivity index (χ2n) is 4.48. The standard InChI is InChI=1S/C13H12ClIN2O/c14-9-3-4-11(15)10(7-9)12(18)17-13(8-16)5-1-2-6-13/h3-4,7H,1-2,5-6H2,(H,17,18). The summed E-state index contributed by atoms with van der Waals surface area (Å²) >= 11 is 7.99. The van der Waals surface area contributed by atoms with Gasteiger partial charge in [0.2, 0.25) is 0 Å². The zero-order valence-electron chi connectivity index (χ0n) is 9.67. The molecule has 1 fully saturated rings. The zero-order chi connectivity index (χ0) is 13.2.